The molecule has 0 radical (unpaired) electrons. The number of aromatic amines is 1. The molecule has 1 aliphatic heterocycles. The lowest BCUT2D eigenvalue weighted by Crippen LogP contribution is -2.33. The van der Waals surface area contributed by atoms with E-state index in [0.717, 1.165) is 16.8 Å². The summed E-state index contributed by atoms with van der Waals surface area (Å²) in [5.41, 5.74) is 7.81. The summed E-state index contributed by atoms with van der Waals surface area (Å²) in [6.07, 6.45) is 5.25. The Bertz CT molecular complexity index is 604. The van der Waals surface area contributed by atoms with Gasteiger partial charge in [-0.15, -0.1) is 0 Å². The molecule has 0 saturated heterocycles. The van der Waals surface area contributed by atoms with Gasteiger partial charge < -0.3 is 16.0 Å². The highest BCUT2D eigenvalue weighted by Crippen LogP contribution is 2.19. The number of allylic oxidation sites excluding steroid dienone is 2. The standard InChI is InChI=1S/C12H12N4O/c1-7-10(4-9(5-13)12(17)16-7)8-2-3-11(14)15-6-8/h2-4,6,11,15H,14H2,1H3,(H,16,17). The number of rotatable bonds is 1. The number of nitrogens with one attached hydrogen (secondary N) is 2. The number of dihydropyridines is 1. The average Bonchev–Trinajstić information content (AvgIpc) is 2.31. The first-order valence-electron chi connectivity index (χ1n) is 5.16. The van der Waals surface area contributed by atoms with Crippen LogP contribution in [0.25, 0.3) is 5.57 Å². The van der Waals surface area contributed by atoms with Crippen molar-refractivity contribution in [1.82, 2.24) is 10.3 Å². The zero-order valence-corrected chi connectivity index (χ0v) is 9.32. The number of nitrogens with zero attached hydrogens (tertiary/aromatic N) is 1. The van der Waals surface area contributed by atoms with Crippen LogP contribution in [0.2, 0.25) is 0 Å². The Morgan fingerprint density at radius 2 is 2.29 bits per heavy atom. The number of aromatic nitrogens is 1. The normalized spacial score (nSPS) is 18.2. The van der Waals surface area contributed by atoms with Gasteiger partial charge >= 0.3 is 0 Å². The molecule has 86 valence electrons. The van der Waals surface area contributed by atoms with Gasteiger partial charge in [0, 0.05) is 17.5 Å². The third-order valence-corrected chi connectivity index (χ3v) is 2.58. The first-order valence-corrected chi connectivity index (χ1v) is 5.16. The number of aryl methyl sites for hydroxylation is 1. The van der Waals surface area contributed by atoms with Gasteiger partial charge in [0.1, 0.15) is 11.6 Å². The van der Waals surface area contributed by atoms with Crippen molar-refractivity contribution in [3.8, 4) is 6.07 Å². The molecule has 5 heteroatoms. The molecule has 0 fully saturated rings. The van der Waals surface area contributed by atoms with Crippen molar-refractivity contribution in [2.24, 2.45) is 5.73 Å². The molecule has 0 spiro atoms. The zero-order valence-electron chi connectivity index (χ0n) is 9.32. The topological polar surface area (TPSA) is 94.7 Å². The molecule has 0 amide bonds. The molecule has 2 rings (SSSR count). The first-order chi connectivity index (χ1) is 8.11. The third-order valence-electron chi connectivity index (χ3n) is 2.58. The highest BCUT2D eigenvalue weighted by atomic mass is 16.1. The zero-order chi connectivity index (χ0) is 12.4. The molecule has 1 unspecified atom stereocenters. The summed E-state index contributed by atoms with van der Waals surface area (Å²) in [5.74, 6) is 0. The fraction of sp³-hybridized carbons (Fsp3) is 0.167. The Hall–Kier alpha value is -2.32. The summed E-state index contributed by atoms with van der Waals surface area (Å²) in [7, 11) is 0. The van der Waals surface area contributed by atoms with Gasteiger partial charge in [-0.3, -0.25) is 4.79 Å². The summed E-state index contributed by atoms with van der Waals surface area (Å²) in [6.45, 7) is 1.79. The summed E-state index contributed by atoms with van der Waals surface area (Å²) < 4.78 is 0. The van der Waals surface area contributed by atoms with Crippen LogP contribution in [0.15, 0.2) is 29.2 Å². The molecule has 0 aliphatic carbocycles. The molecule has 1 aliphatic rings. The minimum absolute atomic E-state index is 0.106. The summed E-state index contributed by atoms with van der Waals surface area (Å²) >= 11 is 0. The van der Waals surface area contributed by atoms with Crippen LogP contribution >= 0.6 is 0 Å². The molecular formula is C12H12N4O. The number of nitrogens with two attached hydrogens (primary N) is 1. The maximum Gasteiger partial charge on any atom is 0.266 e. The summed E-state index contributed by atoms with van der Waals surface area (Å²) in [4.78, 5) is 14.1. The number of nitriles is 1. The fourth-order valence-electron chi connectivity index (χ4n) is 1.67. The van der Waals surface area contributed by atoms with Gasteiger partial charge in [0.25, 0.3) is 5.56 Å². The van der Waals surface area contributed by atoms with E-state index in [2.05, 4.69) is 10.3 Å². The van der Waals surface area contributed by atoms with E-state index in [1.807, 2.05) is 18.2 Å². The Kier molecular flexibility index (Phi) is 2.81. The molecule has 5 nitrogen and oxygen atoms in total. The van der Waals surface area contributed by atoms with Gasteiger partial charge in [-0.25, -0.2) is 0 Å². The number of H-pyrrole nitrogens is 1. The van der Waals surface area contributed by atoms with Crippen LogP contribution in [0, 0.1) is 18.3 Å². The Morgan fingerprint density at radius 3 is 2.88 bits per heavy atom. The van der Waals surface area contributed by atoms with Crippen LogP contribution in [0.3, 0.4) is 0 Å². The molecule has 0 aromatic carbocycles. The van der Waals surface area contributed by atoms with Crippen molar-refractivity contribution in [3.05, 3.63) is 51.6 Å². The van der Waals surface area contributed by atoms with Gasteiger partial charge in [-0.2, -0.15) is 5.26 Å². The van der Waals surface area contributed by atoms with Crippen molar-refractivity contribution in [2.75, 3.05) is 0 Å². The van der Waals surface area contributed by atoms with Crippen LogP contribution < -0.4 is 16.6 Å². The van der Waals surface area contributed by atoms with E-state index in [9.17, 15) is 4.79 Å². The maximum absolute atomic E-state index is 11.4. The van der Waals surface area contributed by atoms with Gasteiger partial charge in [0.15, 0.2) is 0 Å². The van der Waals surface area contributed by atoms with Crippen molar-refractivity contribution >= 4 is 5.57 Å². The molecule has 2 heterocycles. The van der Waals surface area contributed by atoms with Crippen molar-refractivity contribution in [1.29, 1.82) is 5.26 Å². The van der Waals surface area contributed by atoms with E-state index in [4.69, 9.17) is 11.0 Å². The van der Waals surface area contributed by atoms with E-state index < -0.39 is 0 Å². The third kappa shape index (κ3) is 2.12. The Morgan fingerprint density at radius 1 is 1.53 bits per heavy atom. The molecule has 0 saturated carbocycles. The number of hydrogen-bond donors (Lipinski definition) is 3. The second kappa shape index (κ2) is 4.28. The van der Waals surface area contributed by atoms with Crippen molar-refractivity contribution in [3.63, 3.8) is 0 Å². The lowest BCUT2D eigenvalue weighted by Gasteiger charge is -2.15. The predicted octanol–water partition coefficient (Wildman–Crippen LogP) is 0.340. The van der Waals surface area contributed by atoms with E-state index in [1.165, 1.54) is 0 Å². The Balaban J connectivity index is 2.51. The highest BCUT2D eigenvalue weighted by molar-refractivity contribution is 5.76. The van der Waals surface area contributed by atoms with E-state index in [-0.39, 0.29) is 17.3 Å². The van der Waals surface area contributed by atoms with Crippen LogP contribution in [0.5, 0.6) is 0 Å². The largest absolute Gasteiger partial charge is 0.372 e. The lowest BCUT2D eigenvalue weighted by atomic mass is 10.0. The minimum atomic E-state index is -0.362. The van der Waals surface area contributed by atoms with Gasteiger partial charge in [0.05, 0.1) is 6.17 Å². The van der Waals surface area contributed by atoms with Crippen LogP contribution in [0.1, 0.15) is 16.8 Å². The van der Waals surface area contributed by atoms with Crippen LogP contribution in [-0.2, 0) is 0 Å². The molecule has 1 aromatic heterocycles. The van der Waals surface area contributed by atoms with Gasteiger partial charge in [-0.1, -0.05) is 6.08 Å². The van der Waals surface area contributed by atoms with Gasteiger partial charge in [0.2, 0.25) is 0 Å². The first kappa shape index (κ1) is 11.2. The highest BCUT2D eigenvalue weighted by Gasteiger charge is 2.10. The van der Waals surface area contributed by atoms with Crippen molar-refractivity contribution in [2.45, 2.75) is 13.1 Å². The quantitative estimate of drug-likeness (QED) is 0.646. The molecule has 17 heavy (non-hydrogen) atoms. The second-order valence-corrected chi connectivity index (χ2v) is 3.81. The smallest absolute Gasteiger partial charge is 0.266 e. The van der Waals surface area contributed by atoms with Gasteiger partial charge in [-0.05, 0) is 24.6 Å². The summed E-state index contributed by atoms with van der Waals surface area (Å²) in [6, 6.07) is 3.46. The number of hydrogen-bond acceptors (Lipinski definition) is 4. The minimum Gasteiger partial charge on any atom is -0.372 e. The molecule has 0 bridgehead atoms. The molecule has 4 N–H and O–H groups in total. The summed E-state index contributed by atoms with van der Waals surface area (Å²) in [5, 5.41) is 11.8. The molecule has 1 aromatic rings. The lowest BCUT2D eigenvalue weighted by molar-refractivity contribution is 0.730. The van der Waals surface area contributed by atoms with E-state index >= 15 is 0 Å². The molecular weight excluding hydrogens is 216 g/mol. The monoisotopic (exact) mass is 228 g/mol. The number of pyridine rings is 1. The second-order valence-electron chi connectivity index (χ2n) is 3.81. The molecule has 1 atom stereocenters. The van der Waals surface area contributed by atoms with E-state index in [1.54, 1.807) is 19.2 Å². The Labute approximate surface area is 98.3 Å². The van der Waals surface area contributed by atoms with Crippen LogP contribution in [-0.4, -0.2) is 11.1 Å². The van der Waals surface area contributed by atoms with Crippen LogP contribution in [0.4, 0.5) is 0 Å². The predicted molar refractivity (Wildman–Crippen MR) is 64.7 cm³/mol. The maximum atomic E-state index is 11.4. The van der Waals surface area contributed by atoms with Crippen molar-refractivity contribution < 1.29 is 0 Å². The SMILES string of the molecule is Cc1[nH]c(=O)c(C#N)cc1C1=CNC(N)C=C1. The average molecular weight is 228 g/mol. The fourth-order valence-corrected chi connectivity index (χ4v) is 1.67. The van der Waals surface area contributed by atoms with E-state index in [0.29, 0.717) is 0 Å².